The van der Waals surface area contributed by atoms with Crippen LogP contribution in [-0.2, 0) is 22.3 Å². The summed E-state index contributed by atoms with van der Waals surface area (Å²) in [5.74, 6) is 1.56. The molecule has 0 aliphatic carbocycles. The highest BCUT2D eigenvalue weighted by Gasteiger charge is 2.51. The number of thioether (sulfide) groups is 2. The van der Waals surface area contributed by atoms with Gasteiger partial charge in [0, 0.05) is 14.1 Å². The Hall–Kier alpha value is -2.64. The molecule has 0 bridgehead atoms. The third-order valence-corrected chi connectivity index (χ3v) is 11.6. The fraction of sp³-hybridized carbons (Fsp3) is 0.588. The molecular weight excluding hydrogens is 689 g/mol. The molecule has 2 aromatic rings. The van der Waals surface area contributed by atoms with Crippen molar-refractivity contribution in [2.24, 2.45) is 9.98 Å². The molecule has 14 nitrogen and oxygen atoms in total. The van der Waals surface area contributed by atoms with Crippen LogP contribution in [0.15, 0.2) is 58.5 Å². The van der Waals surface area contributed by atoms with E-state index in [2.05, 4.69) is 20.6 Å². The third kappa shape index (κ3) is 9.04. The largest absolute Gasteiger partial charge is 0.497 e. The first-order valence-corrected chi connectivity index (χ1v) is 18.3. The first-order chi connectivity index (χ1) is 24.1. The average molecular weight is 737 g/mol. The summed E-state index contributed by atoms with van der Waals surface area (Å²) in [4.78, 5) is 8.11. The minimum Gasteiger partial charge on any atom is -0.497 e. The summed E-state index contributed by atoms with van der Waals surface area (Å²) < 4.78 is 22.0. The van der Waals surface area contributed by atoms with E-state index < -0.39 is 60.9 Å². The van der Waals surface area contributed by atoms with Crippen molar-refractivity contribution in [1.29, 1.82) is 0 Å². The van der Waals surface area contributed by atoms with Gasteiger partial charge in [-0.25, -0.2) is 0 Å². The summed E-state index contributed by atoms with van der Waals surface area (Å²) in [5.41, 5.74) is 1.36. The average Bonchev–Trinajstić information content (AvgIpc) is 3.77. The van der Waals surface area contributed by atoms with Gasteiger partial charge in [-0.15, -0.1) is 0 Å². The van der Waals surface area contributed by atoms with Crippen LogP contribution < -0.4 is 20.1 Å². The molecule has 4 saturated heterocycles. The number of ether oxygens (including phenoxy) is 4. The molecule has 4 aliphatic heterocycles. The van der Waals surface area contributed by atoms with E-state index in [4.69, 9.17) is 18.9 Å². The topological polar surface area (TPSA) is 207 Å². The Morgan fingerprint density at radius 3 is 1.32 bits per heavy atom. The molecule has 2 aromatic carbocycles. The van der Waals surface area contributed by atoms with Crippen molar-refractivity contribution in [2.75, 3.05) is 28.3 Å². The Balaban J connectivity index is 0.000000194. The zero-order valence-electron chi connectivity index (χ0n) is 28.4. The maximum absolute atomic E-state index is 10.5. The molecule has 0 radical (unpaired) electrons. The first-order valence-electron chi connectivity index (χ1n) is 16.5. The van der Waals surface area contributed by atoms with Crippen LogP contribution in [0.3, 0.4) is 0 Å². The number of nitrogens with one attached hydrogen (secondary N) is 2. The van der Waals surface area contributed by atoms with Gasteiger partial charge < -0.3 is 60.2 Å². The summed E-state index contributed by atoms with van der Waals surface area (Å²) in [6.45, 7) is 0. The quantitative estimate of drug-likeness (QED) is 0.165. The monoisotopic (exact) mass is 736 g/mol. The van der Waals surface area contributed by atoms with Gasteiger partial charge in [-0.3, -0.25) is 9.98 Å². The highest BCUT2D eigenvalue weighted by Crippen LogP contribution is 2.36. The van der Waals surface area contributed by atoms with Gasteiger partial charge in [0.05, 0.1) is 38.5 Å². The van der Waals surface area contributed by atoms with Gasteiger partial charge in [0.25, 0.3) is 0 Å². The Kier molecular flexibility index (Phi) is 13.7. The van der Waals surface area contributed by atoms with E-state index in [9.17, 15) is 30.6 Å². The predicted octanol–water partition coefficient (Wildman–Crippen LogP) is 0.252. The lowest BCUT2D eigenvalue weighted by Crippen LogP contribution is -2.61. The third-order valence-electron chi connectivity index (χ3n) is 9.25. The molecule has 0 saturated carbocycles. The normalized spacial score (nSPS) is 34.4. The summed E-state index contributed by atoms with van der Waals surface area (Å²) in [6.07, 6.45) is -5.67. The van der Waals surface area contributed by atoms with Crippen molar-refractivity contribution in [2.45, 2.75) is 97.5 Å². The van der Waals surface area contributed by atoms with Crippen LogP contribution >= 0.6 is 23.5 Å². The number of aliphatic hydroxyl groups excluding tert-OH is 6. The van der Waals surface area contributed by atoms with E-state index in [0.717, 1.165) is 22.6 Å². The number of hydrogen-bond donors (Lipinski definition) is 8. The van der Waals surface area contributed by atoms with Crippen molar-refractivity contribution in [3.8, 4) is 11.5 Å². The Morgan fingerprint density at radius 2 is 1.00 bits per heavy atom. The van der Waals surface area contributed by atoms with Gasteiger partial charge in [0.1, 0.15) is 59.0 Å². The number of rotatable bonds is 10. The number of aliphatic hydroxyl groups is 6. The molecule has 0 spiro atoms. The maximum Gasteiger partial charge on any atom is 0.159 e. The number of hydrogen-bond acceptors (Lipinski definition) is 14. The van der Waals surface area contributed by atoms with E-state index in [1.54, 1.807) is 28.3 Å². The number of methoxy groups -OCH3 is 2. The van der Waals surface area contributed by atoms with E-state index in [1.165, 1.54) is 23.5 Å². The highest BCUT2D eigenvalue weighted by molar-refractivity contribution is 8.14. The SMILES string of the molecule is CN=C1N[C@@H]2[C@@H](O)[C@H](O)[C@@H]([C@@H](O)CCc3ccc(OC)cc3)O[C@@H]2S1.CN=C1N[C@@H]2[C@@H](O)[C@H](O)[C@@H]([C@H](O)CCc3ccc(OC)cc3)O[C@@H]2S1. The van der Waals surface area contributed by atoms with Crippen LogP contribution in [0.2, 0.25) is 0 Å². The van der Waals surface area contributed by atoms with Crippen molar-refractivity contribution < 1.29 is 49.6 Å². The lowest BCUT2D eigenvalue weighted by molar-refractivity contribution is -0.188. The number of nitrogens with zero attached hydrogens (tertiary/aromatic N) is 2. The molecule has 0 aromatic heterocycles. The highest BCUT2D eigenvalue weighted by atomic mass is 32.2. The zero-order valence-corrected chi connectivity index (χ0v) is 30.0. The number of benzene rings is 2. The van der Waals surface area contributed by atoms with Crippen LogP contribution in [-0.4, -0.2) is 141 Å². The molecule has 4 aliphatic rings. The minimum atomic E-state index is -1.16. The van der Waals surface area contributed by atoms with Crippen LogP contribution in [0.1, 0.15) is 24.0 Å². The Bertz CT molecular complexity index is 1330. The van der Waals surface area contributed by atoms with Crippen LogP contribution in [0, 0.1) is 0 Å². The van der Waals surface area contributed by atoms with E-state index >= 15 is 0 Å². The van der Waals surface area contributed by atoms with Gasteiger partial charge in [0.2, 0.25) is 0 Å². The van der Waals surface area contributed by atoms with Gasteiger partial charge >= 0.3 is 0 Å². The molecule has 0 unspecified atom stereocenters. The molecule has 0 amide bonds. The molecule has 6 rings (SSSR count). The van der Waals surface area contributed by atoms with Crippen molar-refractivity contribution in [3.05, 3.63) is 59.7 Å². The fourth-order valence-corrected chi connectivity index (χ4v) is 8.45. The second-order valence-corrected chi connectivity index (χ2v) is 14.6. The molecule has 276 valence electrons. The number of aliphatic imine (C=N–C) groups is 2. The molecule has 50 heavy (non-hydrogen) atoms. The van der Waals surface area contributed by atoms with Crippen molar-refractivity contribution in [3.63, 3.8) is 0 Å². The number of amidine groups is 2. The molecule has 16 heteroatoms. The first kappa shape index (κ1) is 38.6. The van der Waals surface area contributed by atoms with Gasteiger partial charge in [-0.1, -0.05) is 47.8 Å². The van der Waals surface area contributed by atoms with Gasteiger partial charge in [-0.2, -0.15) is 0 Å². The second-order valence-electron chi connectivity index (χ2n) is 12.4. The van der Waals surface area contributed by atoms with Gasteiger partial charge in [-0.05, 0) is 61.1 Å². The van der Waals surface area contributed by atoms with Crippen molar-refractivity contribution in [1.82, 2.24) is 10.6 Å². The molecule has 4 fully saturated rings. The van der Waals surface area contributed by atoms with E-state index in [-0.39, 0.29) is 10.9 Å². The molecular formula is C34H48N4O10S2. The second kappa shape index (κ2) is 17.7. The lowest BCUT2D eigenvalue weighted by Gasteiger charge is -2.40. The summed E-state index contributed by atoms with van der Waals surface area (Å²) in [6, 6.07) is 14.4. The smallest absolute Gasteiger partial charge is 0.159 e. The van der Waals surface area contributed by atoms with Gasteiger partial charge in [0.15, 0.2) is 10.3 Å². The van der Waals surface area contributed by atoms with Crippen LogP contribution in [0.4, 0.5) is 0 Å². The Labute approximate surface area is 300 Å². The minimum absolute atomic E-state index is 0.377. The maximum atomic E-state index is 10.5. The Morgan fingerprint density at radius 1 is 0.640 bits per heavy atom. The molecule has 12 atom stereocenters. The van der Waals surface area contributed by atoms with E-state index in [0.29, 0.717) is 36.0 Å². The fourth-order valence-electron chi connectivity index (χ4n) is 6.27. The molecule has 4 heterocycles. The summed E-state index contributed by atoms with van der Waals surface area (Å²) in [5, 5.41) is 69.7. The van der Waals surface area contributed by atoms with Crippen molar-refractivity contribution >= 4 is 33.9 Å². The van der Waals surface area contributed by atoms with Crippen LogP contribution in [0.5, 0.6) is 11.5 Å². The number of fused-ring (bicyclic) bond motifs is 2. The van der Waals surface area contributed by atoms with E-state index in [1.807, 2.05) is 48.5 Å². The summed E-state index contributed by atoms with van der Waals surface area (Å²) >= 11 is 2.72. The summed E-state index contributed by atoms with van der Waals surface area (Å²) in [7, 11) is 6.53. The molecule has 8 N–H and O–H groups in total. The predicted molar refractivity (Wildman–Crippen MR) is 192 cm³/mol. The standard InChI is InChI=1S/2C17H24N2O5S/c2*1-18-17-19-12-13(21)14(22)15(24-16(12)25-17)11(20)8-5-9-3-6-10(23-2)7-4-9/h2*3-4,6-7,11-16,20-22H,5,8H2,1-2H3,(H,18,19)/t11-,12+,13+,14-,15+,16+;11-,12-,13-,14+,15-,16-/m01/s1. The number of aryl methyl sites for hydroxylation is 2. The lowest BCUT2D eigenvalue weighted by atomic mass is 9.92. The zero-order chi connectivity index (χ0) is 35.9. The van der Waals surface area contributed by atoms with Crippen LogP contribution in [0.25, 0.3) is 0 Å².